The third-order valence-corrected chi connectivity index (χ3v) is 11.7. The molecule has 3 aliphatic rings. The maximum absolute atomic E-state index is 2.62. The van der Waals surface area contributed by atoms with Gasteiger partial charge < -0.3 is 9.80 Å². The number of fused-ring (bicyclic) bond motifs is 5. The van der Waals surface area contributed by atoms with Crippen molar-refractivity contribution in [2.45, 2.75) is 85.0 Å². The van der Waals surface area contributed by atoms with Gasteiger partial charge in [0.25, 0.3) is 6.71 Å². The lowest BCUT2D eigenvalue weighted by molar-refractivity contribution is 0.590. The predicted octanol–water partition coefficient (Wildman–Crippen LogP) is 11.2. The third kappa shape index (κ3) is 5.31. The number of para-hydroxylation sites is 1. The maximum atomic E-state index is 2.62. The summed E-state index contributed by atoms with van der Waals surface area (Å²) in [5.41, 5.74) is 21.4. The maximum Gasteiger partial charge on any atom is 0.252 e. The second-order valence-corrected chi connectivity index (χ2v) is 17.4. The second-order valence-electron chi connectivity index (χ2n) is 17.4. The van der Waals surface area contributed by atoms with Crippen LogP contribution in [0, 0.1) is 6.92 Å². The molecule has 0 fully saturated rings. The average Bonchev–Trinajstić information content (AvgIpc) is 3.13. The molecule has 258 valence electrons. The smallest absolute Gasteiger partial charge is 0.252 e. The van der Waals surface area contributed by atoms with Gasteiger partial charge in [0.1, 0.15) is 0 Å². The summed E-state index contributed by atoms with van der Waals surface area (Å²) in [6.07, 6.45) is 4.86. The molecule has 0 unspecified atom stereocenters. The summed E-state index contributed by atoms with van der Waals surface area (Å²) in [7, 11) is 0. The highest BCUT2D eigenvalue weighted by Crippen LogP contribution is 2.48. The van der Waals surface area contributed by atoms with Crippen LogP contribution in [0.5, 0.6) is 0 Å². The summed E-state index contributed by atoms with van der Waals surface area (Å²) in [6, 6.07) is 46.7. The molecule has 0 amide bonds. The van der Waals surface area contributed by atoms with Crippen LogP contribution in [-0.4, -0.2) is 6.71 Å². The first-order valence-corrected chi connectivity index (χ1v) is 19.3. The highest BCUT2D eigenvalue weighted by Gasteiger charge is 2.44. The van der Waals surface area contributed by atoms with Crippen LogP contribution in [0.2, 0.25) is 0 Å². The third-order valence-electron chi connectivity index (χ3n) is 11.7. The van der Waals surface area contributed by atoms with E-state index < -0.39 is 0 Å². The monoisotopic (exact) mass is 676 g/mol. The van der Waals surface area contributed by atoms with Crippen LogP contribution in [0.3, 0.4) is 0 Å². The van der Waals surface area contributed by atoms with E-state index in [0.29, 0.717) is 0 Å². The Morgan fingerprint density at radius 1 is 0.500 bits per heavy atom. The van der Waals surface area contributed by atoms with Crippen LogP contribution in [0.4, 0.5) is 34.1 Å². The molecular formula is C49H49BN2. The molecule has 0 saturated carbocycles. The molecule has 2 aliphatic heterocycles. The van der Waals surface area contributed by atoms with Gasteiger partial charge in [0.05, 0.1) is 5.69 Å². The number of hydrogen-bond donors (Lipinski definition) is 0. The minimum Gasteiger partial charge on any atom is -0.311 e. The van der Waals surface area contributed by atoms with Crippen LogP contribution in [0.25, 0.3) is 11.1 Å². The van der Waals surface area contributed by atoms with Gasteiger partial charge in [-0.1, -0.05) is 114 Å². The second kappa shape index (κ2) is 12.0. The van der Waals surface area contributed by atoms with Crippen molar-refractivity contribution < 1.29 is 0 Å². The van der Waals surface area contributed by atoms with E-state index in [1.807, 2.05) is 0 Å². The van der Waals surface area contributed by atoms with Gasteiger partial charge in [0, 0.05) is 34.0 Å². The van der Waals surface area contributed by atoms with E-state index in [2.05, 4.69) is 180 Å². The molecule has 0 radical (unpaired) electrons. The lowest BCUT2D eigenvalue weighted by Gasteiger charge is -2.45. The van der Waals surface area contributed by atoms with Gasteiger partial charge in [-0.2, -0.15) is 0 Å². The van der Waals surface area contributed by atoms with Gasteiger partial charge in [-0.25, -0.2) is 0 Å². The molecule has 1 aliphatic carbocycles. The normalized spacial score (nSPS) is 14.8. The van der Waals surface area contributed by atoms with Crippen molar-refractivity contribution in [1.29, 1.82) is 0 Å². The zero-order valence-corrected chi connectivity index (χ0v) is 31.8. The van der Waals surface area contributed by atoms with Crippen LogP contribution in [-0.2, 0) is 23.7 Å². The van der Waals surface area contributed by atoms with E-state index in [1.54, 1.807) is 0 Å². The highest BCUT2D eigenvalue weighted by molar-refractivity contribution is 7.00. The Bertz CT molecular complexity index is 2340. The molecule has 2 heterocycles. The van der Waals surface area contributed by atoms with E-state index in [4.69, 9.17) is 0 Å². The van der Waals surface area contributed by atoms with Crippen molar-refractivity contribution in [3.8, 4) is 11.1 Å². The molecule has 0 bridgehead atoms. The largest absolute Gasteiger partial charge is 0.311 e. The molecule has 0 saturated heterocycles. The standard InChI is InChI=1S/C49H49BN2/c1-32-26-45-47-46(27-32)52(42-25-23-36(48(2,3)4)30-39(42)33-16-10-8-11-17-33)44-31-37(49(5,6)7)22-24-40(44)50(47)41-28-34-18-14-15-19-35(34)29-43(41)51(45)38-20-12-9-13-21-38/h8-13,16-17,20-31H,14-15,18-19H2,1-7H3. The molecule has 0 atom stereocenters. The Balaban J connectivity index is 1.40. The molecule has 9 rings (SSSR count). The zero-order chi connectivity index (χ0) is 35.9. The van der Waals surface area contributed by atoms with E-state index >= 15 is 0 Å². The van der Waals surface area contributed by atoms with Crippen molar-refractivity contribution in [3.63, 3.8) is 0 Å². The van der Waals surface area contributed by atoms with E-state index in [1.165, 1.54) is 102 Å². The lowest BCUT2D eigenvalue weighted by Crippen LogP contribution is -2.61. The van der Waals surface area contributed by atoms with Crippen molar-refractivity contribution in [2.24, 2.45) is 0 Å². The van der Waals surface area contributed by atoms with Gasteiger partial charge >= 0.3 is 0 Å². The van der Waals surface area contributed by atoms with Crippen LogP contribution in [0.15, 0.2) is 121 Å². The Kier molecular flexibility index (Phi) is 7.60. The van der Waals surface area contributed by atoms with Crippen LogP contribution in [0.1, 0.15) is 82.2 Å². The first-order valence-electron chi connectivity index (χ1n) is 19.3. The number of rotatable bonds is 3. The molecule has 0 N–H and O–H groups in total. The summed E-state index contributed by atoms with van der Waals surface area (Å²) >= 11 is 0. The summed E-state index contributed by atoms with van der Waals surface area (Å²) in [5, 5.41) is 0. The summed E-state index contributed by atoms with van der Waals surface area (Å²) in [5.74, 6) is 0. The molecule has 0 aromatic heterocycles. The molecule has 6 aromatic carbocycles. The fourth-order valence-electron chi connectivity index (χ4n) is 8.99. The minimum absolute atomic E-state index is 0.00471. The average molecular weight is 677 g/mol. The fourth-order valence-corrected chi connectivity index (χ4v) is 8.99. The zero-order valence-electron chi connectivity index (χ0n) is 31.8. The Labute approximate surface area is 311 Å². The number of nitrogens with zero attached hydrogens (tertiary/aromatic N) is 2. The van der Waals surface area contributed by atoms with Crippen molar-refractivity contribution in [1.82, 2.24) is 0 Å². The summed E-state index contributed by atoms with van der Waals surface area (Å²) in [4.78, 5) is 5.19. The Hall–Kier alpha value is -5.02. The number of benzene rings is 6. The Morgan fingerprint density at radius 2 is 1.08 bits per heavy atom. The SMILES string of the molecule is Cc1cc2c3c(c1)N(c1ccc(C(C)(C)C)cc1-c1ccccc1)c1cc(C(C)(C)C)ccc1B3c1cc3c(cc1N2c1ccccc1)CCCC3. The lowest BCUT2D eigenvalue weighted by atomic mass is 9.33. The number of hydrogen-bond acceptors (Lipinski definition) is 2. The molecule has 52 heavy (non-hydrogen) atoms. The number of anilines is 6. The van der Waals surface area contributed by atoms with Gasteiger partial charge in [-0.3, -0.25) is 0 Å². The van der Waals surface area contributed by atoms with Gasteiger partial charge in [0.2, 0.25) is 0 Å². The first kappa shape index (κ1) is 32.9. The highest BCUT2D eigenvalue weighted by atomic mass is 15.2. The summed E-state index contributed by atoms with van der Waals surface area (Å²) in [6.45, 7) is 16.4. The Morgan fingerprint density at radius 3 is 1.75 bits per heavy atom. The van der Waals surface area contributed by atoms with Crippen molar-refractivity contribution in [2.75, 3.05) is 9.80 Å². The molecule has 2 nitrogen and oxygen atoms in total. The summed E-state index contributed by atoms with van der Waals surface area (Å²) < 4.78 is 0. The predicted molar refractivity (Wildman–Crippen MR) is 225 cm³/mol. The van der Waals surface area contributed by atoms with Crippen molar-refractivity contribution in [3.05, 3.63) is 149 Å². The van der Waals surface area contributed by atoms with E-state index in [-0.39, 0.29) is 17.5 Å². The fraction of sp³-hybridized carbons (Fsp3) is 0.265. The molecular weight excluding hydrogens is 627 g/mol. The van der Waals surface area contributed by atoms with E-state index in [0.717, 1.165) is 12.8 Å². The van der Waals surface area contributed by atoms with Crippen LogP contribution < -0.4 is 26.2 Å². The quantitative estimate of drug-likeness (QED) is 0.172. The van der Waals surface area contributed by atoms with Crippen molar-refractivity contribution >= 4 is 57.2 Å². The van der Waals surface area contributed by atoms with Gasteiger partial charge in [-0.15, -0.1) is 0 Å². The molecule has 6 aromatic rings. The van der Waals surface area contributed by atoms with Crippen LogP contribution >= 0.6 is 0 Å². The number of aryl methyl sites for hydroxylation is 3. The topological polar surface area (TPSA) is 6.48 Å². The van der Waals surface area contributed by atoms with E-state index in [9.17, 15) is 0 Å². The van der Waals surface area contributed by atoms with Gasteiger partial charge in [-0.05, 0) is 142 Å². The molecule has 3 heteroatoms. The first-order chi connectivity index (χ1) is 25.0. The minimum atomic E-state index is 0.00471. The van der Waals surface area contributed by atoms with Gasteiger partial charge in [0.15, 0.2) is 0 Å². The molecule has 0 spiro atoms.